The molecule has 0 aromatic carbocycles. The number of nitrogen functional groups attached to an aromatic ring is 1. The van der Waals surface area contributed by atoms with E-state index in [0.29, 0.717) is 24.4 Å². The lowest BCUT2D eigenvalue weighted by Crippen LogP contribution is -2.22. The molecule has 32 heavy (non-hydrogen) atoms. The molecule has 4 aromatic rings. The van der Waals surface area contributed by atoms with Crippen molar-refractivity contribution >= 4 is 23.8 Å². The van der Waals surface area contributed by atoms with E-state index in [1.807, 2.05) is 43.2 Å². The summed E-state index contributed by atoms with van der Waals surface area (Å²) in [7, 11) is 5.89. The van der Waals surface area contributed by atoms with Crippen molar-refractivity contribution in [1.82, 2.24) is 35.3 Å². The zero-order valence-electron chi connectivity index (χ0n) is 18.5. The lowest BCUT2D eigenvalue weighted by atomic mass is 10.2. The van der Waals surface area contributed by atoms with Crippen molar-refractivity contribution in [3.05, 3.63) is 47.7 Å². The summed E-state index contributed by atoms with van der Waals surface area (Å²) >= 11 is 0. The number of rotatable bonds is 11. The van der Waals surface area contributed by atoms with Crippen LogP contribution in [0.1, 0.15) is 17.0 Å². The molecule has 4 heterocycles. The smallest absolute Gasteiger partial charge is 0.226 e. The Labute approximate surface area is 185 Å². The molecule has 0 aliphatic rings. The standard InChI is InChI=1S/C20H29N11O/c1-29(9-6-15-5-4-8-22-15)19-24-20(28-27-19)31(3)12-14-11-16(32-13-14)7-10-30(2)18-23-17(21)25-26-18/h4-5,8,11,13,22H,6-7,9-10,12H2,1-3H3,(H,24,27,28)(H3,21,23,25,26). The van der Waals surface area contributed by atoms with Crippen molar-refractivity contribution in [2.24, 2.45) is 0 Å². The van der Waals surface area contributed by atoms with Gasteiger partial charge in [-0.1, -0.05) is 0 Å². The fraction of sp³-hybridized carbons (Fsp3) is 0.400. The van der Waals surface area contributed by atoms with Gasteiger partial charge in [-0.05, 0) is 18.2 Å². The first kappa shape index (κ1) is 21.3. The van der Waals surface area contributed by atoms with Gasteiger partial charge in [0.05, 0.1) is 6.26 Å². The number of anilines is 4. The molecule has 5 N–H and O–H groups in total. The van der Waals surface area contributed by atoms with E-state index >= 15 is 0 Å². The minimum absolute atomic E-state index is 0.303. The summed E-state index contributed by atoms with van der Waals surface area (Å²) in [5.41, 5.74) is 7.84. The highest BCUT2D eigenvalue weighted by Gasteiger charge is 2.13. The molecule has 0 spiro atoms. The Hall–Kier alpha value is -3.96. The van der Waals surface area contributed by atoms with Crippen LogP contribution in [0.15, 0.2) is 35.1 Å². The molecule has 170 valence electrons. The molecule has 0 aliphatic heterocycles. The van der Waals surface area contributed by atoms with Gasteiger partial charge in [0.15, 0.2) is 0 Å². The lowest BCUT2D eigenvalue weighted by molar-refractivity contribution is 0.506. The van der Waals surface area contributed by atoms with Gasteiger partial charge in [-0.15, -0.1) is 20.4 Å². The monoisotopic (exact) mass is 439 g/mol. The highest BCUT2D eigenvalue weighted by Crippen LogP contribution is 2.17. The first-order valence-corrected chi connectivity index (χ1v) is 10.4. The summed E-state index contributed by atoms with van der Waals surface area (Å²) in [4.78, 5) is 15.4. The normalized spacial score (nSPS) is 11.1. The van der Waals surface area contributed by atoms with Crippen molar-refractivity contribution in [3.63, 3.8) is 0 Å². The van der Waals surface area contributed by atoms with Crippen LogP contribution >= 0.6 is 0 Å². The molecule has 4 aromatic heterocycles. The number of hydrogen-bond acceptors (Lipinski definition) is 9. The third-order valence-electron chi connectivity index (χ3n) is 5.24. The number of nitrogens with zero attached hydrogens (tertiary/aromatic N) is 7. The summed E-state index contributed by atoms with van der Waals surface area (Å²) < 4.78 is 5.72. The number of aromatic amines is 3. The average Bonchev–Trinajstić information content (AvgIpc) is 3.58. The first-order chi connectivity index (χ1) is 15.5. The number of aromatic nitrogens is 7. The summed E-state index contributed by atoms with van der Waals surface area (Å²) in [6.07, 6.45) is 5.35. The van der Waals surface area contributed by atoms with Gasteiger partial charge in [-0.25, -0.2) is 0 Å². The highest BCUT2D eigenvalue weighted by molar-refractivity contribution is 5.38. The second kappa shape index (κ2) is 9.45. The van der Waals surface area contributed by atoms with Crippen LogP contribution in [0.25, 0.3) is 0 Å². The minimum atomic E-state index is 0.303. The van der Waals surface area contributed by atoms with Crippen LogP contribution in [0.2, 0.25) is 0 Å². The number of H-pyrrole nitrogens is 3. The maximum Gasteiger partial charge on any atom is 0.226 e. The Balaban J connectivity index is 1.27. The van der Waals surface area contributed by atoms with E-state index in [1.165, 1.54) is 5.69 Å². The van der Waals surface area contributed by atoms with Crippen molar-refractivity contribution in [3.8, 4) is 0 Å². The highest BCUT2D eigenvalue weighted by atomic mass is 16.3. The average molecular weight is 440 g/mol. The van der Waals surface area contributed by atoms with Crippen LogP contribution in [-0.2, 0) is 19.4 Å². The van der Waals surface area contributed by atoms with Crippen LogP contribution in [-0.4, -0.2) is 69.6 Å². The Morgan fingerprint density at radius 3 is 2.28 bits per heavy atom. The van der Waals surface area contributed by atoms with Crippen molar-refractivity contribution in [2.75, 3.05) is 54.7 Å². The summed E-state index contributed by atoms with van der Waals surface area (Å²) in [5, 5.41) is 16.3. The van der Waals surface area contributed by atoms with Gasteiger partial charge in [-0.2, -0.15) is 0 Å². The predicted molar refractivity (Wildman–Crippen MR) is 123 cm³/mol. The molecule has 0 saturated heterocycles. The van der Waals surface area contributed by atoms with Crippen LogP contribution in [0.5, 0.6) is 0 Å². The minimum Gasteiger partial charge on any atom is -0.469 e. The Bertz CT molecular complexity index is 1100. The first-order valence-electron chi connectivity index (χ1n) is 10.4. The molecule has 12 nitrogen and oxygen atoms in total. The van der Waals surface area contributed by atoms with Crippen LogP contribution in [0.4, 0.5) is 23.8 Å². The Kier molecular flexibility index (Phi) is 6.29. The fourth-order valence-electron chi connectivity index (χ4n) is 3.32. The summed E-state index contributed by atoms with van der Waals surface area (Å²) in [5.74, 6) is 3.28. The molecule has 0 fully saturated rings. The number of furan rings is 1. The largest absolute Gasteiger partial charge is 0.469 e. The SMILES string of the molecule is CN(CCc1cc(CN(C)c2nnc(N(C)CCc3ccc[nH]3)[nH]2)co1)c1nnc(N)[nH]1. The quantitative estimate of drug-likeness (QED) is 0.272. The molecular formula is C20H29N11O. The van der Waals surface area contributed by atoms with E-state index in [1.54, 1.807) is 6.26 Å². The molecule has 12 heteroatoms. The zero-order valence-corrected chi connectivity index (χ0v) is 18.5. The van der Waals surface area contributed by atoms with E-state index in [4.69, 9.17) is 10.2 Å². The summed E-state index contributed by atoms with van der Waals surface area (Å²) in [6.45, 7) is 2.20. The molecule has 0 unspecified atom stereocenters. The van der Waals surface area contributed by atoms with Gasteiger partial charge in [0, 0.05) is 71.1 Å². The summed E-state index contributed by atoms with van der Waals surface area (Å²) in [6, 6.07) is 6.14. The molecule has 0 saturated carbocycles. The van der Waals surface area contributed by atoms with E-state index in [0.717, 1.165) is 43.2 Å². The maximum atomic E-state index is 5.72. The number of nitrogens with two attached hydrogens (primary N) is 1. The van der Waals surface area contributed by atoms with E-state index in [-0.39, 0.29) is 0 Å². The van der Waals surface area contributed by atoms with Gasteiger partial charge >= 0.3 is 0 Å². The molecule has 0 amide bonds. The molecule has 0 atom stereocenters. The molecule has 0 bridgehead atoms. The van der Waals surface area contributed by atoms with Gasteiger partial charge < -0.3 is 29.8 Å². The molecular weight excluding hydrogens is 410 g/mol. The van der Waals surface area contributed by atoms with Crippen LogP contribution in [0, 0.1) is 0 Å². The second-order valence-electron chi connectivity index (χ2n) is 7.82. The fourth-order valence-corrected chi connectivity index (χ4v) is 3.32. The topological polar surface area (TPSA) is 148 Å². The number of likely N-dealkylation sites (N-methyl/N-ethyl adjacent to an activating group) is 2. The van der Waals surface area contributed by atoms with Crippen molar-refractivity contribution < 1.29 is 4.42 Å². The van der Waals surface area contributed by atoms with Crippen molar-refractivity contribution in [1.29, 1.82) is 0 Å². The maximum absolute atomic E-state index is 5.72. The Morgan fingerprint density at radius 2 is 1.59 bits per heavy atom. The van der Waals surface area contributed by atoms with Gasteiger partial charge in [0.1, 0.15) is 5.76 Å². The third kappa shape index (κ3) is 5.20. The van der Waals surface area contributed by atoms with E-state index in [9.17, 15) is 0 Å². The Morgan fingerprint density at radius 1 is 0.906 bits per heavy atom. The number of hydrogen-bond donors (Lipinski definition) is 4. The number of nitrogens with one attached hydrogen (secondary N) is 3. The van der Waals surface area contributed by atoms with Crippen LogP contribution < -0.4 is 20.4 Å². The van der Waals surface area contributed by atoms with Gasteiger partial charge in [0.2, 0.25) is 23.8 Å². The zero-order chi connectivity index (χ0) is 22.5. The third-order valence-corrected chi connectivity index (χ3v) is 5.24. The van der Waals surface area contributed by atoms with Crippen LogP contribution in [0.3, 0.4) is 0 Å². The lowest BCUT2D eigenvalue weighted by Gasteiger charge is -2.16. The van der Waals surface area contributed by atoms with Crippen molar-refractivity contribution in [2.45, 2.75) is 19.4 Å². The van der Waals surface area contributed by atoms with Gasteiger partial charge in [-0.3, -0.25) is 9.97 Å². The molecule has 0 radical (unpaired) electrons. The molecule has 4 rings (SSSR count). The predicted octanol–water partition coefficient (Wildman–Crippen LogP) is 1.42. The molecule has 0 aliphatic carbocycles. The van der Waals surface area contributed by atoms with Gasteiger partial charge in [0.25, 0.3) is 0 Å². The van der Waals surface area contributed by atoms with E-state index < -0.39 is 0 Å². The second-order valence-corrected chi connectivity index (χ2v) is 7.82. The van der Waals surface area contributed by atoms with E-state index in [2.05, 4.69) is 52.4 Å².